The van der Waals surface area contributed by atoms with Crippen LogP contribution in [0.2, 0.25) is 0 Å². The molecule has 11 aromatic heterocycles. The average molecular weight is 1810 g/mol. The van der Waals surface area contributed by atoms with Crippen LogP contribution in [0.25, 0.3) is 289 Å². The van der Waals surface area contributed by atoms with Crippen LogP contribution in [-0.2, 0) is 0 Å². The summed E-state index contributed by atoms with van der Waals surface area (Å²) in [5, 5.41) is 18.1. The summed E-state index contributed by atoms with van der Waals surface area (Å²) in [6.45, 7) is 0. The number of benzene rings is 18. The van der Waals surface area contributed by atoms with Crippen LogP contribution in [0.1, 0.15) is 0 Å². The minimum atomic E-state index is 0.589. The first-order chi connectivity index (χ1) is 69.8. The molecule has 0 fully saturated rings. The van der Waals surface area contributed by atoms with Crippen molar-refractivity contribution in [2.75, 3.05) is 0 Å². The fourth-order valence-corrected chi connectivity index (χ4v) is 19.7. The van der Waals surface area contributed by atoms with Gasteiger partial charge in [-0.3, -0.25) is 4.98 Å². The molecule has 141 heavy (non-hydrogen) atoms. The van der Waals surface area contributed by atoms with Gasteiger partial charge >= 0.3 is 0 Å². The molecule has 0 N–H and O–H groups in total. The smallest absolute Gasteiger partial charge is 0.227 e. The number of furan rings is 5. The highest BCUT2D eigenvalue weighted by Gasteiger charge is 2.26. The van der Waals surface area contributed by atoms with Gasteiger partial charge in [0.2, 0.25) is 11.4 Å². The van der Waals surface area contributed by atoms with Crippen molar-refractivity contribution in [3.63, 3.8) is 0 Å². The van der Waals surface area contributed by atoms with Crippen molar-refractivity contribution in [1.82, 2.24) is 59.8 Å². The number of para-hydroxylation sites is 3. The highest BCUT2D eigenvalue weighted by atomic mass is 16.4. The van der Waals surface area contributed by atoms with Gasteiger partial charge in [0, 0.05) is 122 Å². The Morgan fingerprint density at radius 2 is 0.496 bits per heavy atom. The van der Waals surface area contributed by atoms with Gasteiger partial charge in [-0.1, -0.05) is 340 Å². The number of hydrogen-bond donors (Lipinski definition) is 0. The van der Waals surface area contributed by atoms with E-state index in [9.17, 15) is 0 Å². The highest BCUT2D eigenvalue weighted by Crippen LogP contribution is 2.47. The topological polar surface area (TPSA) is 220 Å². The van der Waals surface area contributed by atoms with E-state index >= 15 is 0 Å². The number of aromatic nitrogens is 12. The van der Waals surface area contributed by atoms with Gasteiger partial charge < -0.3 is 22.1 Å². The molecule has 17 heteroatoms. The first kappa shape index (κ1) is 81.1. The van der Waals surface area contributed by atoms with E-state index in [1.807, 2.05) is 243 Å². The van der Waals surface area contributed by atoms with Crippen molar-refractivity contribution in [2.24, 2.45) is 0 Å². The Morgan fingerprint density at radius 3 is 1.01 bits per heavy atom. The molecule has 0 saturated heterocycles. The second kappa shape index (κ2) is 33.8. The Kier molecular flexibility index (Phi) is 19.5. The first-order valence-corrected chi connectivity index (χ1v) is 46.5. The Hall–Kier alpha value is -19.5. The zero-order valence-electron chi connectivity index (χ0n) is 75.0. The summed E-state index contributed by atoms with van der Waals surface area (Å²) in [7, 11) is 0. The van der Waals surface area contributed by atoms with E-state index in [0.717, 1.165) is 214 Å². The third-order valence-corrected chi connectivity index (χ3v) is 26.4. The summed E-state index contributed by atoms with van der Waals surface area (Å²) in [6, 6.07) is 142. The summed E-state index contributed by atoms with van der Waals surface area (Å²) in [5.74, 6) is 5.49. The molecular weight excluding hydrogens is 1740 g/mol. The summed E-state index contributed by atoms with van der Waals surface area (Å²) < 4.78 is 31.2. The molecule has 0 amide bonds. The minimum absolute atomic E-state index is 0.589. The second-order valence-corrected chi connectivity index (χ2v) is 34.8. The van der Waals surface area contributed by atoms with Gasteiger partial charge in [-0.2, -0.15) is 0 Å². The molecule has 0 aliphatic heterocycles. The number of pyridine rings is 3. The monoisotopic (exact) mass is 1810 g/mol. The number of hydrogen-bond acceptors (Lipinski definition) is 17. The van der Waals surface area contributed by atoms with E-state index < -0.39 is 0 Å². The van der Waals surface area contributed by atoms with Crippen LogP contribution in [0.4, 0.5) is 0 Å². The van der Waals surface area contributed by atoms with E-state index in [4.69, 9.17) is 71.9 Å². The van der Waals surface area contributed by atoms with Crippen LogP contribution >= 0.6 is 0 Å². The number of fused-ring (bicyclic) bond motifs is 19. The lowest BCUT2D eigenvalue weighted by atomic mass is 9.93. The van der Waals surface area contributed by atoms with Gasteiger partial charge in [0.05, 0.1) is 17.1 Å². The third kappa shape index (κ3) is 14.5. The summed E-state index contributed by atoms with van der Waals surface area (Å²) >= 11 is 0. The maximum atomic E-state index is 6.30. The first-order valence-electron chi connectivity index (χ1n) is 46.5. The van der Waals surface area contributed by atoms with Crippen LogP contribution < -0.4 is 0 Å². The zero-order valence-corrected chi connectivity index (χ0v) is 75.0. The van der Waals surface area contributed by atoms with Crippen molar-refractivity contribution < 1.29 is 22.1 Å². The molecule has 18 aromatic carbocycles. The predicted octanol–water partition coefficient (Wildman–Crippen LogP) is 31.9. The van der Waals surface area contributed by atoms with Gasteiger partial charge in [0.1, 0.15) is 39.1 Å². The number of nitrogens with zero attached hydrogens (tertiary/aromatic N) is 12. The average Bonchev–Trinajstić information content (AvgIpc) is 1.63. The lowest BCUT2D eigenvalue weighted by Gasteiger charge is -2.13. The van der Waals surface area contributed by atoms with Crippen molar-refractivity contribution in [1.29, 1.82) is 0 Å². The van der Waals surface area contributed by atoms with E-state index in [1.54, 1.807) is 6.20 Å². The van der Waals surface area contributed by atoms with E-state index in [-0.39, 0.29) is 0 Å². The van der Waals surface area contributed by atoms with Crippen LogP contribution in [-0.4, -0.2) is 59.8 Å². The van der Waals surface area contributed by atoms with Crippen LogP contribution in [0.15, 0.2) is 459 Å². The minimum Gasteiger partial charge on any atom is -0.456 e. The maximum absolute atomic E-state index is 6.30. The maximum Gasteiger partial charge on any atom is 0.227 e. The Labute approximate surface area is 802 Å². The third-order valence-electron chi connectivity index (χ3n) is 26.4. The van der Waals surface area contributed by atoms with Crippen molar-refractivity contribution in [3.05, 3.63) is 437 Å². The van der Waals surface area contributed by atoms with Crippen molar-refractivity contribution in [2.45, 2.75) is 0 Å². The Bertz CT molecular complexity index is 9580. The molecule has 0 aliphatic carbocycles. The van der Waals surface area contributed by atoms with Gasteiger partial charge in [0.25, 0.3) is 0 Å². The largest absolute Gasteiger partial charge is 0.456 e. The summed E-state index contributed by atoms with van der Waals surface area (Å²) in [6.07, 6.45) is 5.53. The predicted molar refractivity (Wildman–Crippen MR) is 565 cm³/mol. The lowest BCUT2D eigenvalue weighted by molar-refractivity contribution is 0.654. The number of rotatable bonds is 12. The summed E-state index contributed by atoms with van der Waals surface area (Å²) in [5.41, 5.74) is 23.3. The quantitative estimate of drug-likeness (QED) is 0.111. The Balaban J connectivity index is 0.000000106. The molecule has 0 bridgehead atoms. The zero-order chi connectivity index (χ0) is 93.0. The molecule has 11 heterocycles. The van der Waals surface area contributed by atoms with Crippen molar-refractivity contribution >= 4 is 153 Å². The fraction of sp³-hybridized carbons (Fsp3) is 0. The Morgan fingerprint density at radius 1 is 0.156 bits per heavy atom. The second-order valence-electron chi connectivity index (χ2n) is 34.8. The molecule has 0 radical (unpaired) electrons. The van der Waals surface area contributed by atoms with Gasteiger partial charge in [0.15, 0.2) is 58.0 Å². The molecule has 29 rings (SSSR count). The van der Waals surface area contributed by atoms with Gasteiger partial charge in [-0.15, -0.1) is 0 Å². The van der Waals surface area contributed by atoms with Crippen LogP contribution in [0.5, 0.6) is 0 Å². The lowest BCUT2D eigenvalue weighted by Crippen LogP contribution is -2.00. The van der Waals surface area contributed by atoms with E-state index in [0.29, 0.717) is 63.8 Å². The molecule has 0 atom stereocenters. The van der Waals surface area contributed by atoms with Crippen molar-refractivity contribution in [3.8, 4) is 136 Å². The molecule has 658 valence electrons. The molecule has 29 aromatic rings. The SMILES string of the molecule is c1ccc(-c2nc(-c3ccc(-c4cccc5oc6nc7ccccc7cc6c45)cc3)nc(-c3cccc4oc5ccccc5c34)n2)cc1.c1ccc(-c2nc(-c3ccc(-c4cncc5oc6cc7ccccc7cc6c45)cc3)nc(-c3cccc4oc5ccccc5c34)n2)cc1.c1ccc(-c2nc(-c3ccccc3)nc(-c3ccc(-c4ccnc5oc6cc7ccccc7cc6c45)c4ccccc34)n2)cc1. The standard InChI is InChI=1S/2C42H24N4O2.C40H24N4O/c1-2-10-26(11-3-1)39-44-40(46-41(45-39)31-15-9-18-35-38(31)30-13-5-7-17-34(30)47-35)27-22-20-25(21-23-27)29-14-8-19-36-37(29)32-24-28-12-4-6-16-33(28)43-42(32)48-36;1-2-9-26(10-3-1)40-44-41(46-42(45-40)31-14-8-16-35-38(31)30-13-6-7-15-34(30)47-35)27-19-17-25(18-20-27)33-23-43-24-37-39(33)32-21-28-11-4-5-12-29(28)22-36(32)48-37;1-3-11-25(12-4-1)37-42-38(26-13-5-2-6-14-26)44-39(43-37)33-20-19-31(29-17-9-10-18-30(29)33)32-21-22-41-40-36(32)34-23-27-15-7-8-16-28(27)24-35(34)45-40/h2*1-24H;1-24H. The highest BCUT2D eigenvalue weighted by molar-refractivity contribution is 6.20. The molecular formula is C124H72N12O5. The summed E-state index contributed by atoms with van der Waals surface area (Å²) in [4.78, 5) is 58.9. The van der Waals surface area contributed by atoms with E-state index in [2.05, 4.69) is 198 Å². The molecule has 0 spiro atoms. The van der Waals surface area contributed by atoms with Crippen LogP contribution in [0.3, 0.4) is 0 Å². The molecule has 0 aliphatic rings. The van der Waals surface area contributed by atoms with Crippen LogP contribution in [0, 0.1) is 0 Å². The fourth-order valence-electron chi connectivity index (χ4n) is 19.7. The molecule has 0 unspecified atom stereocenters. The van der Waals surface area contributed by atoms with Gasteiger partial charge in [-0.05, 0) is 139 Å². The molecule has 17 nitrogen and oxygen atoms in total. The molecule has 0 saturated carbocycles. The van der Waals surface area contributed by atoms with E-state index in [1.165, 1.54) is 10.8 Å². The van der Waals surface area contributed by atoms with Gasteiger partial charge in [-0.25, -0.2) is 54.8 Å². The normalized spacial score (nSPS) is 11.7.